The molecule has 92 valence electrons. The zero-order chi connectivity index (χ0) is 12.0. The molecule has 1 aliphatic heterocycles. The minimum absolute atomic E-state index is 0.186. The number of imide groups is 1. The number of urea groups is 1. The highest BCUT2D eigenvalue weighted by Gasteiger charge is 2.21. The Labute approximate surface area is 94.8 Å². The Morgan fingerprint density at radius 1 is 1.50 bits per heavy atom. The summed E-state index contributed by atoms with van der Waals surface area (Å²) in [5.74, 6) is 0.0808. The third kappa shape index (κ3) is 4.59. The highest BCUT2D eigenvalue weighted by Crippen LogP contribution is 2.18. The standard InChI is InChI=1S/C10H19N3O3/c11-10(16)12-9(15)7-13-4-1-2-8(6-13)3-5-14/h8,14H,1-7H2,(H3,11,12,15,16). The summed E-state index contributed by atoms with van der Waals surface area (Å²) in [6.07, 6.45) is 2.89. The molecule has 0 aliphatic carbocycles. The van der Waals surface area contributed by atoms with Crippen LogP contribution in [0.3, 0.4) is 0 Å². The topological polar surface area (TPSA) is 95.7 Å². The van der Waals surface area contributed by atoms with Gasteiger partial charge < -0.3 is 10.8 Å². The van der Waals surface area contributed by atoms with Crippen molar-refractivity contribution in [1.82, 2.24) is 10.2 Å². The van der Waals surface area contributed by atoms with Gasteiger partial charge >= 0.3 is 6.03 Å². The summed E-state index contributed by atoms with van der Waals surface area (Å²) >= 11 is 0. The molecule has 1 unspecified atom stereocenters. The van der Waals surface area contributed by atoms with Crippen LogP contribution in [0.2, 0.25) is 0 Å². The van der Waals surface area contributed by atoms with E-state index < -0.39 is 6.03 Å². The molecule has 1 fully saturated rings. The molecule has 0 saturated carbocycles. The number of hydrogen-bond donors (Lipinski definition) is 3. The van der Waals surface area contributed by atoms with E-state index in [0.717, 1.165) is 32.4 Å². The Balaban J connectivity index is 2.31. The van der Waals surface area contributed by atoms with Gasteiger partial charge in [-0.25, -0.2) is 4.79 Å². The van der Waals surface area contributed by atoms with E-state index >= 15 is 0 Å². The molecule has 0 bridgehead atoms. The number of amides is 3. The Morgan fingerprint density at radius 3 is 2.88 bits per heavy atom. The van der Waals surface area contributed by atoms with Crippen LogP contribution in [0, 0.1) is 5.92 Å². The molecule has 4 N–H and O–H groups in total. The summed E-state index contributed by atoms with van der Waals surface area (Å²) < 4.78 is 0. The lowest BCUT2D eigenvalue weighted by molar-refractivity contribution is -0.121. The minimum atomic E-state index is -0.811. The summed E-state index contributed by atoms with van der Waals surface area (Å²) in [6, 6.07) is -0.811. The SMILES string of the molecule is NC(=O)NC(=O)CN1CCCC(CCO)C1. The predicted octanol–water partition coefficient (Wildman–Crippen LogP) is -0.724. The molecule has 0 aromatic heterocycles. The summed E-state index contributed by atoms with van der Waals surface area (Å²) in [6.45, 7) is 2.04. The van der Waals surface area contributed by atoms with Gasteiger partial charge in [-0.3, -0.25) is 15.0 Å². The number of carbonyl (C=O) groups is 2. The van der Waals surface area contributed by atoms with Crippen LogP contribution < -0.4 is 11.1 Å². The van der Waals surface area contributed by atoms with Crippen molar-refractivity contribution in [2.75, 3.05) is 26.2 Å². The van der Waals surface area contributed by atoms with Crippen molar-refractivity contribution in [1.29, 1.82) is 0 Å². The lowest BCUT2D eigenvalue weighted by atomic mass is 9.95. The highest BCUT2D eigenvalue weighted by atomic mass is 16.3. The van der Waals surface area contributed by atoms with Gasteiger partial charge in [0.05, 0.1) is 6.54 Å². The van der Waals surface area contributed by atoms with E-state index in [1.165, 1.54) is 0 Å². The van der Waals surface area contributed by atoms with Crippen molar-refractivity contribution in [2.45, 2.75) is 19.3 Å². The normalized spacial score (nSPS) is 21.7. The van der Waals surface area contributed by atoms with Gasteiger partial charge in [0.1, 0.15) is 0 Å². The van der Waals surface area contributed by atoms with Crippen LogP contribution >= 0.6 is 0 Å². The van der Waals surface area contributed by atoms with Crippen LogP contribution in [-0.4, -0.2) is 48.2 Å². The minimum Gasteiger partial charge on any atom is -0.396 e. The molecule has 6 heteroatoms. The molecular weight excluding hydrogens is 210 g/mol. The number of likely N-dealkylation sites (tertiary alicyclic amines) is 1. The van der Waals surface area contributed by atoms with Crippen LogP contribution in [0.4, 0.5) is 4.79 Å². The molecule has 1 aliphatic rings. The second kappa shape index (κ2) is 6.44. The third-order valence-corrected chi connectivity index (χ3v) is 2.77. The maximum Gasteiger partial charge on any atom is 0.318 e. The molecule has 6 nitrogen and oxygen atoms in total. The number of nitrogens with one attached hydrogen (secondary N) is 1. The van der Waals surface area contributed by atoms with Gasteiger partial charge in [0, 0.05) is 13.2 Å². The Hall–Kier alpha value is -1.14. The summed E-state index contributed by atoms with van der Waals surface area (Å²) in [4.78, 5) is 23.7. The first kappa shape index (κ1) is 12.9. The fraction of sp³-hybridized carbons (Fsp3) is 0.800. The molecule has 0 aromatic carbocycles. The van der Waals surface area contributed by atoms with Crippen molar-refractivity contribution in [3.8, 4) is 0 Å². The van der Waals surface area contributed by atoms with Crippen molar-refractivity contribution in [3.05, 3.63) is 0 Å². The van der Waals surface area contributed by atoms with Crippen LogP contribution in [0.25, 0.3) is 0 Å². The number of rotatable bonds is 4. The molecule has 1 heterocycles. The predicted molar refractivity (Wildman–Crippen MR) is 58.6 cm³/mol. The summed E-state index contributed by atoms with van der Waals surface area (Å²) in [7, 11) is 0. The summed E-state index contributed by atoms with van der Waals surface area (Å²) in [5, 5.41) is 10.9. The average molecular weight is 229 g/mol. The van der Waals surface area contributed by atoms with E-state index in [0.29, 0.717) is 5.92 Å². The zero-order valence-corrected chi connectivity index (χ0v) is 9.32. The number of primary amides is 1. The molecule has 16 heavy (non-hydrogen) atoms. The van der Waals surface area contributed by atoms with Crippen LogP contribution in [0.5, 0.6) is 0 Å². The number of hydrogen-bond acceptors (Lipinski definition) is 4. The van der Waals surface area contributed by atoms with E-state index in [1.807, 2.05) is 10.2 Å². The molecule has 1 rings (SSSR count). The van der Waals surface area contributed by atoms with Crippen LogP contribution in [0.15, 0.2) is 0 Å². The van der Waals surface area contributed by atoms with Crippen LogP contribution in [-0.2, 0) is 4.79 Å². The van der Waals surface area contributed by atoms with E-state index in [-0.39, 0.29) is 19.1 Å². The number of aliphatic hydroxyl groups is 1. The van der Waals surface area contributed by atoms with Crippen molar-refractivity contribution in [3.63, 3.8) is 0 Å². The van der Waals surface area contributed by atoms with Gasteiger partial charge in [-0.2, -0.15) is 0 Å². The molecule has 1 saturated heterocycles. The lowest BCUT2D eigenvalue weighted by Crippen LogP contribution is -2.45. The number of aliphatic hydroxyl groups excluding tert-OH is 1. The Kier molecular flexibility index (Phi) is 5.21. The fourth-order valence-corrected chi connectivity index (χ4v) is 2.09. The smallest absolute Gasteiger partial charge is 0.318 e. The first-order chi connectivity index (χ1) is 7.61. The molecule has 0 radical (unpaired) electrons. The lowest BCUT2D eigenvalue weighted by Gasteiger charge is -2.31. The molecule has 1 atom stereocenters. The number of carbonyl (C=O) groups excluding carboxylic acids is 2. The van der Waals surface area contributed by atoms with Gasteiger partial charge in [0.15, 0.2) is 0 Å². The number of nitrogens with zero attached hydrogens (tertiary/aromatic N) is 1. The third-order valence-electron chi connectivity index (χ3n) is 2.77. The molecule has 0 aromatic rings. The van der Waals surface area contributed by atoms with Gasteiger partial charge in [-0.1, -0.05) is 0 Å². The Morgan fingerprint density at radius 2 is 2.25 bits per heavy atom. The monoisotopic (exact) mass is 229 g/mol. The van der Waals surface area contributed by atoms with Gasteiger partial charge in [0.2, 0.25) is 5.91 Å². The molecular formula is C10H19N3O3. The van der Waals surface area contributed by atoms with Crippen molar-refractivity contribution in [2.24, 2.45) is 11.7 Å². The largest absolute Gasteiger partial charge is 0.396 e. The van der Waals surface area contributed by atoms with Crippen LogP contribution in [0.1, 0.15) is 19.3 Å². The van der Waals surface area contributed by atoms with Crippen molar-refractivity contribution >= 4 is 11.9 Å². The maximum absolute atomic E-state index is 11.3. The van der Waals surface area contributed by atoms with E-state index in [2.05, 4.69) is 0 Å². The second-order valence-corrected chi connectivity index (χ2v) is 4.17. The number of piperidine rings is 1. The second-order valence-electron chi connectivity index (χ2n) is 4.17. The first-order valence-corrected chi connectivity index (χ1v) is 5.54. The van der Waals surface area contributed by atoms with E-state index in [9.17, 15) is 9.59 Å². The quantitative estimate of drug-likeness (QED) is 0.592. The summed E-state index contributed by atoms with van der Waals surface area (Å²) in [5.41, 5.74) is 4.85. The first-order valence-electron chi connectivity index (χ1n) is 5.54. The van der Waals surface area contributed by atoms with Gasteiger partial charge in [-0.05, 0) is 31.7 Å². The average Bonchev–Trinajstić information content (AvgIpc) is 2.17. The maximum atomic E-state index is 11.3. The van der Waals surface area contributed by atoms with Crippen molar-refractivity contribution < 1.29 is 14.7 Å². The molecule has 3 amide bonds. The molecule has 0 spiro atoms. The van der Waals surface area contributed by atoms with E-state index in [1.54, 1.807) is 0 Å². The van der Waals surface area contributed by atoms with Gasteiger partial charge in [0.25, 0.3) is 0 Å². The zero-order valence-electron chi connectivity index (χ0n) is 9.32. The fourth-order valence-electron chi connectivity index (χ4n) is 2.09. The van der Waals surface area contributed by atoms with Gasteiger partial charge in [-0.15, -0.1) is 0 Å². The number of nitrogens with two attached hydrogens (primary N) is 1. The van der Waals surface area contributed by atoms with E-state index in [4.69, 9.17) is 10.8 Å². The Bertz CT molecular complexity index is 256. The highest BCUT2D eigenvalue weighted by molar-refractivity contribution is 5.94.